The number of aliphatic imine (C=N–C) groups is 1. The van der Waals surface area contributed by atoms with Crippen LogP contribution in [0.4, 0.5) is 0 Å². The lowest BCUT2D eigenvalue weighted by atomic mass is 9.94. The largest absolute Gasteiger partial charge is 0.473 e. The van der Waals surface area contributed by atoms with Gasteiger partial charge in [-0.2, -0.15) is 0 Å². The van der Waals surface area contributed by atoms with Crippen LogP contribution in [0.1, 0.15) is 44.7 Å². The van der Waals surface area contributed by atoms with E-state index in [0.717, 1.165) is 43.0 Å². The number of aliphatic hydroxyl groups excluding tert-OH is 1. The number of benzene rings is 1. The van der Waals surface area contributed by atoms with Crippen molar-refractivity contribution in [3.63, 3.8) is 0 Å². The van der Waals surface area contributed by atoms with Crippen LogP contribution >= 0.6 is 24.0 Å². The Balaban J connectivity index is 0.00000480. The summed E-state index contributed by atoms with van der Waals surface area (Å²) in [7, 11) is 0. The second kappa shape index (κ2) is 15.9. The van der Waals surface area contributed by atoms with Crippen molar-refractivity contribution >= 4 is 29.9 Å². The van der Waals surface area contributed by atoms with E-state index in [1.807, 2.05) is 42.5 Å². The summed E-state index contributed by atoms with van der Waals surface area (Å²) in [6, 6.07) is 14.0. The summed E-state index contributed by atoms with van der Waals surface area (Å²) in [4.78, 5) is 9.11. The second-order valence-corrected chi connectivity index (χ2v) is 7.83. The first-order chi connectivity index (χ1) is 14.6. The summed E-state index contributed by atoms with van der Waals surface area (Å²) in [6.07, 6.45) is 3.61. The maximum Gasteiger partial charge on any atom is 0.218 e. The predicted octanol–water partition coefficient (Wildman–Crippen LogP) is 4.38. The fraction of sp³-hybridized carbons (Fsp3) is 0.500. The second-order valence-electron chi connectivity index (χ2n) is 7.83. The van der Waals surface area contributed by atoms with E-state index in [9.17, 15) is 5.11 Å². The lowest BCUT2D eigenvalue weighted by Gasteiger charge is -2.20. The Hall–Kier alpha value is -1.87. The Morgan fingerprint density at radius 3 is 2.58 bits per heavy atom. The number of aromatic nitrogens is 1. The molecule has 2 aromatic rings. The molecule has 0 bridgehead atoms. The number of nitrogens with zero attached hydrogens (tertiary/aromatic N) is 2. The van der Waals surface area contributed by atoms with Gasteiger partial charge in [0.05, 0.1) is 6.54 Å². The van der Waals surface area contributed by atoms with Crippen molar-refractivity contribution in [2.45, 2.75) is 46.8 Å². The minimum atomic E-state index is 0. The quantitative estimate of drug-likeness (QED) is 0.212. The molecule has 0 aliphatic rings. The van der Waals surface area contributed by atoms with Gasteiger partial charge >= 0.3 is 0 Å². The van der Waals surface area contributed by atoms with E-state index in [1.54, 1.807) is 6.20 Å². The molecule has 7 heteroatoms. The highest BCUT2D eigenvalue weighted by molar-refractivity contribution is 14.0. The Morgan fingerprint density at radius 1 is 1.13 bits per heavy atom. The summed E-state index contributed by atoms with van der Waals surface area (Å²) >= 11 is 0. The maximum absolute atomic E-state index is 9.34. The first-order valence-corrected chi connectivity index (χ1v) is 10.9. The molecule has 0 amide bonds. The van der Waals surface area contributed by atoms with Crippen molar-refractivity contribution in [3.8, 4) is 5.88 Å². The zero-order valence-corrected chi connectivity index (χ0v) is 21.2. The van der Waals surface area contributed by atoms with Crippen molar-refractivity contribution in [3.05, 3.63) is 59.8 Å². The van der Waals surface area contributed by atoms with Crippen molar-refractivity contribution < 1.29 is 9.84 Å². The number of halogens is 1. The summed E-state index contributed by atoms with van der Waals surface area (Å²) in [5.74, 6) is 2.39. The molecule has 0 saturated heterocycles. The molecule has 31 heavy (non-hydrogen) atoms. The highest BCUT2D eigenvalue weighted by atomic mass is 127. The molecule has 0 fully saturated rings. The van der Waals surface area contributed by atoms with Crippen LogP contribution in [0.15, 0.2) is 53.7 Å². The third-order valence-corrected chi connectivity index (χ3v) is 4.72. The smallest absolute Gasteiger partial charge is 0.218 e. The van der Waals surface area contributed by atoms with Crippen LogP contribution in [0.5, 0.6) is 5.88 Å². The highest BCUT2D eigenvalue weighted by Gasteiger charge is 2.12. The Morgan fingerprint density at radius 2 is 1.90 bits per heavy atom. The Kier molecular flexibility index (Phi) is 13.9. The molecule has 0 aliphatic heterocycles. The molecule has 1 atom stereocenters. The van der Waals surface area contributed by atoms with Gasteiger partial charge < -0.3 is 20.5 Å². The van der Waals surface area contributed by atoms with E-state index < -0.39 is 0 Å². The lowest BCUT2D eigenvalue weighted by Crippen LogP contribution is -2.40. The van der Waals surface area contributed by atoms with Gasteiger partial charge in [-0.25, -0.2) is 9.98 Å². The van der Waals surface area contributed by atoms with Gasteiger partial charge in [0.15, 0.2) is 5.96 Å². The zero-order chi connectivity index (χ0) is 21.6. The molecular weight excluding hydrogens is 503 g/mol. The van der Waals surface area contributed by atoms with Crippen LogP contribution in [-0.2, 0) is 13.2 Å². The molecule has 0 radical (unpaired) electrons. The van der Waals surface area contributed by atoms with E-state index in [0.29, 0.717) is 30.9 Å². The van der Waals surface area contributed by atoms with Crippen molar-refractivity contribution in [1.29, 1.82) is 0 Å². The number of nitrogens with one attached hydrogen (secondary N) is 2. The molecule has 1 heterocycles. The van der Waals surface area contributed by atoms with Gasteiger partial charge in [0.1, 0.15) is 6.61 Å². The molecule has 172 valence electrons. The molecule has 1 aromatic heterocycles. The van der Waals surface area contributed by atoms with Gasteiger partial charge in [-0.05, 0) is 43.2 Å². The first-order valence-electron chi connectivity index (χ1n) is 10.9. The van der Waals surface area contributed by atoms with Crippen LogP contribution in [0.2, 0.25) is 0 Å². The Bertz CT molecular complexity index is 756. The summed E-state index contributed by atoms with van der Waals surface area (Å²) in [6.45, 7) is 9.21. The third kappa shape index (κ3) is 10.8. The van der Waals surface area contributed by atoms with Crippen LogP contribution in [-0.4, -0.2) is 35.7 Å². The average Bonchev–Trinajstić information content (AvgIpc) is 2.75. The van der Waals surface area contributed by atoms with Gasteiger partial charge in [-0.3, -0.25) is 0 Å². The molecule has 1 aromatic carbocycles. The SMILES string of the molecule is CCNC(=NCc1cccnc1OCc1ccccc1)NCC(CCO)CC(C)C.I. The minimum Gasteiger partial charge on any atom is -0.473 e. The zero-order valence-electron chi connectivity index (χ0n) is 18.9. The maximum atomic E-state index is 9.34. The summed E-state index contributed by atoms with van der Waals surface area (Å²) in [5, 5.41) is 16.1. The average molecular weight is 540 g/mol. The van der Waals surface area contributed by atoms with E-state index in [2.05, 4.69) is 36.4 Å². The van der Waals surface area contributed by atoms with Gasteiger partial charge in [0.2, 0.25) is 5.88 Å². The van der Waals surface area contributed by atoms with Crippen LogP contribution in [0, 0.1) is 11.8 Å². The molecule has 0 saturated carbocycles. The van der Waals surface area contributed by atoms with E-state index >= 15 is 0 Å². The summed E-state index contributed by atoms with van der Waals surface area (Å²) < 4.78 is 5.94. The number of hydrogen-bond donors (Lipinski definition) is 3. The molecular formula is C24H37IN4O2. The minimum absolute atomic E-state index is 0. The molecule has 2 rings (SSSR count). The standard InChI is InChI=1S/C24H36N4O2.HI/c1-4-25-24(27-16-21(12-14-29)15-19(2)3)28-17-22-11-8-13-26-23(22)30-18-20-9-6-5-7-10-20;/h5-11,13,19,21,29H,4,12,14-18H2,1-3H3,(H2,25,27,28);1H. The number of pyridine rings is 1. The number of hydrogen-bond acceptors (Lipinski definition) is 4. The number of aliphatic hydroxyl groups is 1. The van der Waals surface area contributed by atoms with Gasteiger partial charge in [-0.1, -0.05) is 50.2 Å². The van der Waals surface area contributed by atoms with Crippen LogP contribution in [0.25, 0.3) is 0 Å². The number of ether oxygens (including phenoxy) is 1. The summed E-state index contributed by atoms with van der Waals surface area (Å²) in [5.41, 5.74) is 2.05. The van der Waals surface area contributed by atoms with Gasteiger partial charge in [0.25, 0.3) is 0 Å². The van der Waals surface area contributed by atoms with Gasteiger partial charge in [-0.15, -0.1) is 24.0 Å². The highest BCUT2D eigenvalue weighted by Crippen LogP contribution is 2.17. The third-order valence-electron chi connectivity index (χ3n) is 4.72. The molecule has 0 aliphatic carbocycles. The normalized spacial score (nSPS) is 12.2. The van der Waals surface area contributed by atoms with Crippen molar-refractivity contribution in [2.75, 3.05) is 19.7 Å². The molecule has 3 N–H and O–H groups in total. The van der Waals surface area contributed by atoms with Gasteiger partial charge in [0, 0.05) is 31.5 Å². The fourth-order valence-corrected chi connectivity index (χ4v) is 3.30. The topological polar surface area (TPSA) is 78.8 Å². The predicted molar refractivity (Wildman–Crippen MR) is 138 cm³/mol. The first kappa shape index (κ1) is 27.2. The Labute approximate surface area is 203 Å². The van der Waals surface area contributed by atoms with E-state index in [-0.39, 0.29) is 30.6 Å². The molecule has 6 nitrogen and oxygen atoms in total. The van der Waals surface area contributed by atoms with Crippen LogP contribution in [0.3, 0.4) is 0 Å². The number of rotatable bonds is 12. The fourth-order valence-electron chi connectivity index (χ4n) is 3.30. The van der Waals surface area contributed by atoms with E-state index in [4.69, 9.17) is 9.73 Å². The van der Waals surface area contributed by atoms with E-state index in [1.165, 1.54) is 0 Å². The monoisotopic (exact) mass is 540 g/mol. The van der Waals surface area contributed by atoms with Crippen molar-refractivity contribution in [2.24, 2.45) is 16.8 Å². The molecule has 0 spiro atoms. The lowest BCUT2D eigenvalue weighted by molar-refractivity contribution is 0.243. The van der Waals surface area contributed by atoms with Crippen molar-refractivity contribution in [1.82, 2.24) is 15.6 Å². The molecule has 1 unspecified atom stereocenters. The van der Waals surface area contributed by atoms with Crippen LogP contribution < -0.4 is 15.4 Å². The number of guanidine groups is 1.